The lowest BCUT2D eigenvalue weighted by Gasteiger charge is -2.28. The first-order valence-electron chi connectivity index (χ1n) is 7.33. The van der Waals surface area contributed by atoms with Crippen LogP contribution in [0.15, 0.2) is 29.2 Å². The van der Waals surface area contributed by atoms with Crippen LogP contribution < -0.4 is 10.6 Å². The molecule has 1 heterocycles. The van der Waals surface area contributed by atoms with Gasteiger partial charge in [-0.3, -0.25) is 10.1 Å². The Morgan fingerprint density at radius 2 is 2.10 bits per heavy atom. The van der Waals surface area contributed by atoms with Gasteiger partial charge in [-0.25, -0.2) is 0 Å². The molecule has 0 aliphatic carbocycles. The molecule has 0 spiro atoms. The molecule has 0 fully saturated rings. The fraction of sp³-hybridized carbons (Fsp3) is 0.562. The normalized spacial score (nSPS) is 19.5. The predicted octanol–water partition coefficient (Wildman–Crippen LogP) is 2.97. The van der Waals surface area contributed by atoms with Gasteiger partial charge in [-0.2, -0.15) is 0 Å². The summed E-state index contributed by atoms with van der Waals surface area (Å²) in [6.45, 7) is 6.89. The zero-order valence-corrected chi connectivity index (χ0v) is 13.3. The molecule has 1 amide bonds. The lowest BCUT2D eigenvalue weighted by atomic mass is 10.0. The highest BCUT2D eigenvalue weighted by molar-refractivity contribution is 7.99. The van der Waals surface area contributed by atoms with Crippen molar-refractivity contribution in [2.45, 2.75) is 44.2 Å². The highest BCUT2D eigenvalue weighted by Gasteiger charge is 2.23. The smallest absolute Gasteiger partial charge is 0.236 e. The Balaban J connectivity index is 1.95. The van der Waals surface area contributed by atoms with Crippen LogP contribution in [0.5, 0.6) is 0 Å². The third-order valence-electron chi connectivity index (χ3n) is 3.49. The molecule has 2 atom stereocenters. The second kappa shape index (κ2) is 7.14. The van der Waals surface area contributed by atoms with Crippen LogP contribution in [-0.4, -0.2) is 24.2 Å². The molecule has 110 valence electrons. The zero-order valence-electron chi connectivity index (χ0n) is 12.5. The van der Waals surface area contributed by atoms with Gasteiger partial charge >= 0.3 is 0 Å². The summed E-state index contributed by atoms with van der Waals surface area (Å²) in [5, 5.41) is 6.46. The van der Waals surface area contributed by atoms with Crippen molar-refractivity contribution in [3.8, 4) is 0 Å². The van der Waals surface area contributed by atoms with E-state index in [2.05, 4.69) is 48.7 Å². The predicted molar refractivity (Wildman–Crippen MR) is 85.0 cm³/mol. The van der Waals surface area contributed by atoms with Gasteiger partial charge in [0.2, 0.25) is 5.91 Å². The minimum absolute atomic E-state index is 0.0920. The lowest BCUT2D eigenvalue weighted by molar-refractivity contribution is -0.123. The van der Waals surface area contributed by atoms with Crippen molar-refractivity contribution in [3.05, 3.63) is 29.8 Å². The maximum atomic E-state index is 12.1. The van der Waals surface area contributed by atoms with Crippen LogP contribution in [0.3, 0.4) is 0 Å². The number of thioether (sulfide) groups is 1. The van der Waals surface area contributed by atoms with E-state index in [0.717, 1.165) is 18.7 Å². The number of rotatable bonds is 5. The number of carbonyl (C=O) groups is 1. The largest absolute Gasteiger partial charge is 0.354 e. The first kappa shape index (κ1) is 15.4. The number of benzene rings is 1. The summed E-state index contributed by atoms with van der Waals surface area (Å²) >= 11 is 1.90. The second-order valence-electron chi connectivity index (χ2n) is 5.75. The van der Waals surface area contributed by atoms with Gasteiger partial charge in [-0.05, 0) is 36.6 Å². The number of hydrogen-bond donors (Lipinski definition) is 2. The van der Waals surface area contributed by atoms with E-state index in [1.165, 1.54) is 10.5 Å². The van der Waals surface area contributed by atoms with Crippen LogP contribution in [-0.2, 0) is 4.79 Å². The summed E-state index contributed by atoms with van der Waals surface area (Å²) in [4.78, 5) is 13.4. The van der Waals surface area contributed by atoms with Crippen LogP contribution >= 0.6 is 11.8 Å². The van der Waals surface area contributed by atoms with Gasteiger partial charge in [0, 0.05) is 17.5 Å². The molecule has 0 saturated heterocycles. The Morgan fingerprint density at radius 3 is 2.85 bits per heavy atom. The molecule has 1 aliphatic rings. The standard InChI is InChI=1S/C16H24N2OS/c1-11(2)10-17-16(19)12(3)18-14-8-9-20-15-7-5-4-6-13(14)15/h4-7,11-12,14,18H,8-10H2,1-3H3,(H,17,19). The van der Waals surface area contributed by atoms with E-state index in [9.17, 15) is 4.79 Å². The number of fused-ring (bicyclic) bond motifs is 1. The number of amides is 1. The van der Waals surface area contributed by atoms with E-state index >= 15 is 0 Å². The molecule has 2 unspecified atom stereocenters. The fourth-order valence-electron chi connectivity index (χ4n) is 2.35. The Kier molecular flexibility index (Phi) is 5.49. The number of hydrogen-bond acceptors (Lipinski definition) is 3. The molecular formula is C16H24N2OS. The molecule has 2 rings (SSSR count). The zero-order chi connectivity index (χ0) is 14.5. The van der Waals surface area contributed by atoms with Crippen molar-refractivity contribution >= 4 is 17.7 Å². The van der Waals surface area contributed by atoms with E-state index in [4.69, 9.17) is 0 Å². The molecule has 20 heavy (non-hydrogen) atoms. The van der Waals surface area contributed by atoms with Crippen LogP contribution in [0.2, 0.25) is 0 Å². The van der Waals surface area contributed by atoms with Gasteiger partial charge in [-0.1, -0.05) is 32.0 Å². The molecule has 0 bridgehead atoms. The summed E-state index contributed by atoms with van der Waals surface area (Å²) in [6.07, 6.45) is 1.07. The monoisotopic (exact) mass is 292 g/mol. The van der Waals surface area contributed by atoms with Gasteiger partial charge in [0.25, 0.3) is 0 Å². The van der Waals surface area contributed by atoms with Gasteiger partial charge in [-0.15, -0.1) is 11.8 Å². The second-order valence-corrected chi connectivity index (χ2v) is 6.89. The highest BCUT2D eigenvalue weighted by atomic mass is 32.2. The van der Waals surface area contributed by atoms with Crippen molar-refractivity contribution in [1.29, 1.82) is 0 Å². The van der Waals surface area contributed by atoms with E-state index in [-0.39, 0.29) is 18.0 Å². The van der Waals surface area contributed by atoms with Crippen molar-refractivity contribution in [2.24, 2.45) is 5.92 Å². The quantitative estimate of drug-likeness (QED) is 0.876. The molecule has 4 heteroatoms. The van der Waals surface area contributed by atoms with Crippen molar-refractivity contribution < 1.29 is 4.79 Å². The molecule has 1 aliphatic heterocycles. The number of carbonyl (C=O) groups excluding carboxylic acids is 1. The third-order valence-corrected chi connectivity index (χ3v) is 4.61. The molecule has 1 aromatic carbocycles. The Hall–Kier alpha value is -1.00. The molecular weight excluding hydrogens is 268 g/mol. The molecule has 0 radical (unpaired) electrons. The minimum atomic E-state index is -0.157. The van der Waals surface area contributed by atoms with E-state index < -0.39 is 0 Å². The molecule has 0 aromatic heterocycles. The van der Waals surface area contributed by atoms with Crippen molar-refractivity contribution in [2.75, 3.05) is 12.3 Å². The maximum absolute atomic E-state index is 12.1. The molecule has 3 nitrogen and oxygen atoms in total. The topological polar surface area (TPSA) is 41.1 Å². The van der Waals surface area contributed by atoms with E-state index in [1.54, 1.807) is 0 Å². The first-order chi connectivity index (χ1) is 9.58. The van der Waals surface area contributed by atoms with Crippen LogP contribution in [0.4, 0.5) is 0 Å². The van der Waals surface area contributed by atoms with E-state index in [1.807, 2.05) is 18.7 Å². The van der Waals surface area contributed by atoms with Gasteiger partial charge in [0.05, 0.1) is 6.04 Å². The highest BCUT2D eigenvalue weighted by Crippen LogP contribution is 2.35. The molecule has 2 N–H and O–H groups in total. The minimum Gasteiger partial charge on any atom is -0.354 e. The third kappa shape index (κ3) is 4.00. The summed E-state index contributed by atoms with van der Waals surface area (Å²) in [6, 6.07) is 8.60. The van der Waals surface area contributed by atoms with Gasteiger partial charge in [0.1, 0.15) is 0 Å². The van der Waals surface area contributed by atoms with Crippen molar-refractivity contribution in [1.82, 2.24) is 10.6 Å². The Labute approximate surface area is 125 Å². The molecule has 1 aromatic rings. The first-order valence-corrected chi connectivity index (χ1v) is 8.32. The van der Waals surface area contributed by atoms with Crippen LogP contribution in [0, 0.1) is 5.92 Å². The summed E-state index contributed by atoms with van der Waals surface area (Å²) in [5.74, 6) is 1.68. The fourth-order valence-corrected chi connectivity index (χ4v) is 3.48. The SMILES string of the molecule is CC(C)CNC(=O)C(C)NC1CCSc2ccccc21. The van der Waals surface area contributed by atoms with Crippen LogP contribution in [0.25, 0.3) is 0 Å². The Bertz CT molecular complexity index is 462. The van der Waals surface area contributed by atoms with E-state index in [0.29, 0.717) is 5.92 Å². The maximum Gasteiger partial charge on any atom is 0.236 e. The lowest BCUT2D eigenvalue weighted by Crippen LogP contribution is -2.45. The van der Waals surface area contributed by atoms with Crippen molar-refractivity contribution in [3.63, 3.8) is 0 Å². The Morgan fingerprint density at radius 1 is 1.35 bits per heavy atom. The number of nitrogens with one attached hydrogen (secondary N) is 2. The van der Waals surface area contributed by atoms with Crippen LogP contribution in [0.1, 0.15) is 38.8 Å². The summed E-state index contributed by atoms with van der Waals surface area (Å²) < 4.78 is 0. The van der Waals surface area contributed by atoms with Gasteiger partial charge < -0.3 is 5.32 Å². The average molecular weight is 292 g/mol. The average Bonchev–Trinajstić information content (AvgIpc) is 2.45. The molecule has 0 saturated carbocycles. The van der Waals surface area contributed by atoms with Gasteiger partial charge in [0.15, 0.2) is 0 Å². The summed E-state index contributed by atoms with van der Waals surface area (Å²) in [5.41, 5.74) is 1.33. The summed E-state index contributed by atoms with van der Waals surface area (Å²) in [7, 11) is 0.